The number of hydrogen-bond acceptors (Lipinski definition) is 3. The second-order valence-electron chi connectivity index (χ2n) is 2.95. The number of para-hydroxylation sites is 1. The average molecular weight is 194 g/mol. The van der Waals surface area contributed by atoms with Crippen LogP contribution in [-0.2, 0) is 4.79 Å². The van der Waals surface area contributed by atoms with Gasteiger partial charge in [0.15, 0.2) is 6.61 Å². The lowest BCUT2D eigenvalue weighted by Gasteiger charge is -2.09. The number of amides is 1. The third-order valence-corrected chi connectivity index (χ3v) is 1.92. The van der Waals surface area contributed by atoms with Gasteiger partial charge in [0, 0.05) is 7.05 Å². The Labute approximate surface area is 83.1 Å². The number of aryl methyl sites for hydroxylation is 1. The number of likely N-dealkylation sites (N-methyl/N-ethyl adjacent to an activating group) is 1. The van der Waals surface area contributed by atoms with Crippen molar-refractivity contribution in [3.8, 4) is 5.75 Å². The summed E-state index contributed by atoms with van der Waals surface area (Å²) in [4.78, 5) is 10.9. The summed E-state index contributed by atoms with van der Waals surface area (Å²) < 4.78 is 5.23. The number of ether oxygens (including phenoxy) is 1. The Morgan fingerprint density at radius 2 is 2.29 bits per heavy atom. The van der Waals surface area contributed by atoms with Crippen molar-refractivity contribution in [3.63, 3.8) is 0 Å². The third kappa shape index (κ3) is 2.39. The number of hydrogen-bond donors (Lipinski definition) is 2. The predicted molar refractivity (Wildman–Crippen MR) is 55.2 cm³/mol. The maximum Gasteiger partial charge on any atom is 0.257 e. The maximum absolute atomic E-state index is 10.9. The van der Waals surface area contributed by atoms with Crippen LogP contribution >= 0.6 is 0 Å². The number of anilines is 1. The lowest BCUT2D eigenvalue weighted by molar-refractivity contribution is -0.122. The summed E-state index contributed by atoms with van der Waals surface area (Å²) in [6.07, 6.45) is 0. The van der Waals surface area contributed by atoms with E-state index in [4.69, 9.17) is 10.5 Å². The molecule has 0 bridgehead atoms. The van der Waals surface area contributed by atoms with Crippen LogP contribution in [0.4, 0.5) is 5.69 Å². The second kappa shape index (κ2) is 4.50. The van der Waals surface area contributed by atoms with Crippen molar-refractivity contribution < 1.29 is 9.53 Å². The van der Waals surface area contributed by atoms with Gasteiger partial charge in [-0.1, -0.05) is 12.1 Å². The van der Waals surface area contributed by atoms with E-state index in [0.717, 1.165) is 5.56 Å². The molecule has 0 spiro atoms. The Kier molecular flexibility index (Phi) is 3.34. The van der Waals surface area contributed by atoms with Gasteiger partial charge in [0.2, 0.25) is 0 Å². The summed E-state index contributed by atoms with van der Waals surface area (Å²) in [5, 5.41) is 2.46. The summed E-state index contributed by atoms with van der Waals surface area (Å²) in [5.41, 5.74) is 7.28. The number of benzene rings is 1. The summed E-state index contributed by atoms with van der Waals surface area (Å²) in [7, 11) is 1.56. The molecule has 0 aliphatic rings. The van der Waals surface area contributed by atoms with E-state index in [2.05, 4.69) is 5.32 Å². The van der Waals surface area contributed by atoms with Crippen LogP contribution in [0.25, 0.3) is 0 Å². The molecule has 1 rings (SSSR count). The molecule has 1 aromatic carbocycles. The highest BCUT2D eigenvalue weighted by Crippen LogP contribution is 2.23. The van der Waals surface area contributed by atoms with Crippen LogP contribution in [0.3, 0.4) is 0 Å². The molecule has 4 nitrogen and oxygen atoms in total. The van der Waals surface area contributed by atoms with Gasteiger partial charge in [-0.05, 0) is 18.6 Å². The summed E-state index contributed by atoms with van der Waals surface area (Å²) in [6, 6.07) is 5.47. The number of carbonyl (C=O) groups excluding carboxylic acids is 1. The van der Waals surface area contributed by atoms with Crippen LogP contribution in [0.1, 0.15) is 5.56 Å². The van der Waals surface area contributed by atoms with Crippen LogP contribution in [0.15, 0.2) is 18.2 Å². The van der Waals surface area contributed by atoms with Crippen LogP contribution in [0.2, 0.25) is 0 Å². The van der Waals surface area contributed by atoms with E-state index in [1.807, 2.05) is 19.1 Å². The highest BCUT2D eigenvalue weighted by molar-refractivity contribution is 5.77. The smallest absolute Gasteiger partial charge is 0.257 e. The van der Waals surface area contributed by atoms with Gasteiger partial charge in [-0.15, -0.1) is 0 Å². The molecule has 0 aliphatic carbocycles. The third-order valence-electron chi connectivity index (χ3n) is 1.92. The van der Waals surface area contributed by atoms with Crippen LogP contribution < -0.4 is 15.8 Å². The van der Waals surface area contributed by atoms with Crippen molar-refractivity contribution in [1.82, 2.24) is 5.32 Å². The SMILES string of the molecule is CNC(=O)COc1cccc(C)c1N. The predicted octanol–water partition coefficient (Wildman–Crippen LogP) is 0.702. The molecule has 3 N–H and O–H groups in total. The molecule has 1 amide bonds. The molecule has 76 valence electrons. The zero-order chi connectivity index (χ0) is 10.6. The molecule has 4 heteroatoms. The standard InChI is InChI=1S/C10H14N2O2/c1-7-4-3-5-8(10(7)11)14-6-9(13)12-2/h3-5H,6,11H2,1-2H3,(H,12,13). The second-order valence-corrected chi connectivity index (χ2v) is 2.95. The van der Waals surface area contributed by atoms with Crippen molar-refractivity contribution in [1.29, 1.82) is 0 Å². The Hall–Kier alpha value is -1.71. The summed E-state index contributed by atoms with van der Waals surface area (Å²) >= 11 is 0. The Balaban J connectivity index is 2.68. The molecule has 0 aliphatic heterocycles. The lowest BCUT2D eigenvalue weighted by atomic mass is 10.2. The Morgan fingerprint density at radius 3 is 2.93 bits per heavy atom. The molecule has 1 aromatic rings. The first-order valence-corrected chi connectivity index (χ1v) is 4.33. The highest BCUT2D eigenvalue weighted by Gasteiger charge is 2.04. The summed E-state index contributed by atoms with van der Waals surface area (Å²) in [6.45, 7) is 1.88. The van der Waals surface area contributed by atoms with E-state index >= 15 is 0 Å². The van der Waals surface area contributed by atoms with E-state index in [1.165, 1.54) is 0 Å². The fourth-order valence-electron chi connectivity index (χ4n) is 0.995. The maximum atomic E-state index is 10.9. The topological polar surface area (TPSA) is 64.3 Å². The van der Waals surface area contributed by atoms with Crippen molar-refractivity contribution in [2.75, 3.05) is 19.4 Å². The zero-order valence-corrected chi connectivity index (χ0v) is 8.33. The molecule has 0 aromatic heterocycles. The van der Waals surface area contributed by atoms with Gasteiger partial charge in [0.1, 0.15) is 5.75 Å². The first-order valence-electron chi connectivity index (χ1n) is 4.33. The minimum Gasteiger partial charge on any atom is -0.482 e. The van der Waals surface area contributed by atoms with Crippen molar-refractivity contribution in [2.24, 2.45) is 0 Å². The minimum absolute atomic E-state index is 0.00977. The molecule has 14 heavy (non-hydrogen) atoms. The van der Waals surface area contributed by atoms with Crippen molar-refractivity contribution in [3.05, 3.63) is 23.8 Å². The molecule has 0 saturated heterocycles. The van der Waals surface area contributed by atoms with Gasteiger partial charge in [0.05, 0.1) is 5.69 Å². The quantitative estimate of drug-likeness (QED) is 0.696. The lowest BCUT2D eigenvalue weighted by Crippen LogP contribution is -2.25. The highest BCUT2D eigenvalue weighted by atomic mass is 16.5. The normalized spacial score (nSPS) is 9.57. The van der Waals surface area contributed by atoms with Gasteiger partial charge >= 0.3 is 0 Å². The largest absolute Gasteiger partial charge is 0.482 e. The van der Waals surface area contributed by atoms with Gasteiger partial charge in [0.25, 0.3) is 5.91 Å². The molecule has 0 heterocycles. The van der Waals surface area contributed by atoms with E-state index in [-0.39, 0.29) is 12.5 Å². The fraction of sp³-hybridized carbons (Fsp3) is 0.300. The molecule has 0 saturated carbocycles. The fourth-order valence-corrected chi connectivity index (χ4v) is 0.995. The Morgan fingerprint density at radius 1 is 1.57 bits per heavy atom. The number of nitrogens with one attached hydrogen (secondary N) is 1. The van der Waals surface area contributed by atoms with Crippen molar-refractivity contribution >= 4 is 11.6 Å². The Bertz CT molecular complexity index is 337. The zero-order valence-electron chi connectivity index (χ0n) is 8.33. The van der Waals surface area contributed by atoms with Gasteiger partial charge in [-0.3, -0.25) is 4.79 Å². The average Bonchev–Trinajstić information content (AvgIpc) is 2.20. The number of rotatable bonds is 3. The number of carbonyl (C=O) groups is 1. The van der Waals surface area contributed by atoms with Crippen LogP contribution in [0.5, 0.6) is 5.75 Å². The van der Waals surface area contributed by atoms with Crippen LogP contribution in [-0.4, -0.2) is 19.6 Å². The number of nitrogen functional groups attached to an aromatic ring is 1. The van der Waals surface area contributed by atoms with Gasteiger partial charge in [-0.25, -0.2) is 0 Å². The molecular weight excluding hydrogens is 180 g/mol. The van der Waals surface area contributed by atoms with Crippen molar-refractivity contribution in [2.45, 2.75) is 6.92 Å². The van der Waals surface area contributed by atoms with E-state index < -0.39 is 0 Å². The first-order chi connectivity index (χ1) is 6.65. The van der Waals surface area contributed by atoms with Crippen LogP contribution in [0, 0.1) is 6.92 Å². The van der Waals surface area contributed by atoms with E-state index in [1.54, 1.807) is 13.1 Å². The molecular formula is C10H14N2O2. The first kappa shape index (κ1) is 10.4. The molecule has 0 unspecified atom stereocenters. The molecule has 0 radical (unpaired) electrons. The van der Waals surface area contributed by atoms with E-state index in [0.29, 0.717) is 11.4 Å². The number of nitrogens with two attached hydrogens (primary N) is 1. The van der Waals surface area contributed by atoms with E-state index in [9.17, 15) is 4.79 Å². The summed E-state index contributed by atoms with van der Waals surface area (Å²) in [5.74, 6) is 0.375. The minimum atomic E-state index is -0.175. The molecule has 0 fully saturated rings. The van der Waals surface area contributed by atoms with Gasteiger partial charge < -0.3 is 15.8 Å². The monoisotopic (exact) mass is 194 g/mol. The molecule has 0 atom stereocenters. The van der Waals surface area contributed by atoms with Gasteiger partial charge in [-0.2, -0.15) is 0 Å².